The fraction of sp³-hybridized carbons (Fsp3) is 0.941. The maximum atomic E-state index is 9.42. The normalized spacial score (nSPS) is 17.6. The molecule has 0 amide bonds. The molecule has 0 aromatic carbocycles. The van der Waals surface area contributed by atoms with Gasteiger partial charge in [-0.25, -0.2) is 0 Å². The summed E-state index contributed by atoms with van der Waals surface area (Å²) in [6, 6.07) is 3.09. The Morgan fingerprint density at radius 3 is 2.40 bits per heavy atom. The van der Waals surface area contributed by atoms with Crippen LogP contribution in [0.2, 0.25) is 0 Å². The number of ether oxygens (including phenoxy) is 1. The smallest absolute Gasteiger partial charge is 0.106 e. The molecular weight excluding hydrogens is 248 g/mol. The van der Waals surface area contributed by atoms with E-state index in [9.17, 15) is 5.26 Å². The molecule has 0 bridgehead atoms. The van der Waals surface area contributed by atoms with E-state index >= 15 is 0 Å². The number of nitriles is 1. The van der Waals surface area contributed by atoms with Gasteiger partial charge in [0, 0.05) is 19.3 Å². The topological polar surface area (TPSA) is 45.0 Å². The van der Waals surface area contributed by atoms with Gasteiger partial charge >= 0.3 is 0 Å². The number of hydrogen-bond donors (Lipinski definition) is 1. The Kier molecular flexibility index (Phi) is 8.89. The molecule has 0 aromatic heterocycles. The summed E-state index contributed by atoms with van der Waals surface area (Å²) in [4.78, 5) is 0. The molecule has 1 N–H and O–H groups in total. The molecule has 3 heteroatoms. The summed E-state index contributed by atoms with van der Waals surface area (Å²) >= 11 is 0. The van der Waals surface area contributed by atoms with Gasteiger partial charge in [0.1, 0.15) is 5.54 Å². The Morgan fingerprint density at radius 1 is 1.10 bits per heavy atom. The van der Waals surface area contributed by atoms with Crippen LogP contribution in [0, 0.1) is 11.3 Å². The Bertz CT molecular complexity index is 283. The first-order chi connectivity index (χ1) is 9.76. The van der Waals surface area contributed by atoms with Crippen molar-refractivity contribution in [3.05, 3.63) is 0 Å². The highest BCUT2D eigenvalue weighted by atomic mass is 16.5. The second kappa shape index (κ2) is 10.2. The summed E-state index contributed by atoms with van der Waals surface area (Å²) in [7, 11) is 0. The standard InChI is InChI=1S/C17H32N2O/c1-3-5-6-7-8-13-20-14-9-12-17(4-2,15-18)19-16-10-11-16/h16,19H,3-14H2,1-2H3. The lowest BCUT2D eigenvalue weighted by molar-refractivity contribution is 0.121. The fourth-order valence-corrected chi connectivity index (χ4v) is 2.52. The second-order valence-electron chi connectivity index (χ2n) is 6.10. The highest BCUT2D eigenvalue weighted by Crippen LogP contribution is 2.26. The molecule has 0 aromatic rings. The molecule has 0 saturated heterocycles. The second-order valence-corrected chi connectivity index (χ2v) is 6.10. The molecule has 116 valence electrons. The zero-order valence-corrected chi connectivity index (χ0v) is 13.4. The van der Waals surface area contributed by atoms with Crippen LogP contribution in [0.3, 0.4) is 0 Å². The molecular formula is C17H32N2O. The van der Waals surface area contributed by atoms with Gasteiger partial charge in [-0.2, -0.15) is 5.26 Å². The molecule has 0 spiro atoms. The van der Waals surface area contributed by atoms with E-state index in [4.69, 9.17) is 4.74 Å². The zero-order chi connectivity index (χ0) is 14.7. The summed E-state index contributed by atoms with van der Waals surface area (Å²) in [5.74, 6) is 0. The average molecular weight is 280 g/mol. The van der Waals surface area contributed by atoms with Crippen molar-refractivity contribution in [3.63, 3.8) is 0 Å². The van der Waals surface area contributed by atoms with Gasteiger partial charge in [0.15, 0.2) is 0 Å². The number of nitrogens with zero attached hydrogens (tertiary/aromatic N) is 1. The summed E-state index contributed by atoms with van der Waals surface area (Å²) in [6.45, 7) is 6.02. The van der Waals surface area contributed by atoms with Gasteiger partial charge in [0.25, 0.3) is 0 Å². The molecule has 0 radical (unpaired) electrons. The Hall–Kier alpha value is -0.590. The molecule has 1 aliphatic carbocycles. The van der Waals surface area contributed by atoms with Crippen LogP contribution < -0.4 is 5.32 Å². The van der Waals surface area contributed by atoms with E-state index < -0.39 is 0 Å². The van der Waals surface area contributed by atoms with Crippen LogP contribution >= 0.6 is 0 Å². The maximum Gasteiger partial charge on any atom is 0.106 e. The molecule has 0 heterocycles. The predicted molar refractivity (Wildman–Crippen MR) is 83.6 cm³/mol. The zero-order valence-electron chi connectivity index (χ0n) is 13.4. The maximum absolute atomic E-state index is 9.42. The first kappa shape index (κ1) is 17.5. The minimum Gasteiger partial charge on any atom is -0.381 e. The van der Waals surface area contributed by atoms with Crippen LogP contribution in [-0.4, -0.2) is 24.8 Å². The van der Waals surface area contributed by atoms with Crippen LogP contribution in [0.4, 0.5) is 0 Å². The van der Waals surface area contributed by atoms with Crippen molar-refractivity contribution < 1.29 is 4.74 Å². The lowest BCUT2D eigenvalue weighted by Crippen LogP contribution is -2.44. The minimum atomic E-state index is -0.314. The molecule has 0 aliphatic heterocycles. The summed E-state index contributed by atoms with van der Waals surface area (Å²) in [6.07, 6.45) is 11.7. The third-order valence-corrected chi connectivity index (χ3v) is 4.16. The predicted octanol–water partition coefficient (Wildman–Crippen LogP) is 4.18. The van der Waals surface area contributed by atoms with E-state index in [1.807, 2.05) is 0 Å². The monoisotopic (exact) mass is 280 g/mol. The van der Waals surface area contributed by atoms with Crippen molar-refractivity contribution in [1.82, 2.24) is 5.32 Å². The van der Waals surface area contributed by atoms with Crippen LogP contribution in [0.5, 0.6) is 0 Å². The summed E-state index contributed by atoms with van der Waals surface area (Å²) in [5, 5.41) is 12.9. The Labute approximate surface area is 125 Å². The molecule has 1 saturated carbocycles. The molecule has 20 heavy (non-hydrogen) atoms. The Balaban J connectivity index is 2.01. The van der Waals surface area contributed by atoms with Gasteiger partial charge in [-0.3, -0.25) is 5.32 Å². The Morgan fingerprint density at radius 2 is 1.80 bits per heavy atom. The van der Waals surface area contributed by atoms with E-state index in [0.717, 1.165) is 32.5 Å². The average Bonchev–Trinajstić information content (AvgIpc) is 3.28. The summed E-state index contributed by atoms with van der Waals surface area (Å²) < 4.78 is 5.68. The molecule has 1 atom stereocenters. The van der Waals surface area contributed by atoms with Crippen molar-refractivity contribution in [3.8, 4) is 6.07 Å². The third-order valence-electron chi connectivity index (χ3n) is 4.16. The largest absolute Gasteiger partial charge is 0.381 e. The van der Waals surface area contributed by atoms with Crippen molar-refractivity contribution in [2.45, 2.75) is 89.6 Å². The van der Waals surface area contributed by atoms with Crippen molar-refractivity contribution in [1.29, 1.82) is 5.26 Å². The van der Waals surface area contributed by atoms with Gasteiger partial charge in [-0.05, 0) is 38.5 Å². The first-order valence-electron chi connectivity index (χ1n) is 8.53. The van der Waals surface area contributed by atoms with Crippen molar-refractivity contribution in [2.24, 2.45) is 0 Å². The van der Waals surface area contributed by atoms with Crippen molar-refractivity contribution >= 4 is 0 Å². The van der Waals surface area contributed by atoms with Crippen LogP contribution in [-0.2, 0) is 4.74 Å². The van der Waals surface area contributed by atoms with E-state index in [-0.39, 0.29) is 5.54 Å². The fourth-order valence-electron chi connectivity index (χ4n) is 2.52. The van der Waals surface area contributed by atoms with Crippen LogP contribution in [0.1, 0.15) is 78.1 Å². The van der Waals surface area contributed by atoms with Gasteiger partial charge < -0.3 is 4.74 Å². The number of rotatable bonds is 13. The highest BCUT2D eigenvalue weighted by molar-refractivity contribution is 5.09. The van der Waals surface area contributed by atoms with Crippen molar-refractivity contribution in [2.75, 3.05) is 13.2 Å². The number of hydrogen-bond acceptors (Lipinski definition) is 3. The lowest BCUT2D eigenvalue weighted by Gasteiger charge is -2.26. The lowest BCUT2D eigenvalue weighted by atomic mass is 9.92. The minimum absolute atomic E-state index is 0.314. The van der Waals surface area contributed by atoms with Gasteiger partial charge in [0.2, 0.25) is 0 Å². The molecule has 1 unspecified atom stereocenters. The number of unbranched alkanes of at least 4 members (excludes halogenated alkanes) is 4. The van der Waals surface area contributed by atoms with E-state index in [2.05, 4.69) is 25.2 Å². The number of nitrogens with one attached hydrogen (secondary N) is 1. The van der Waals surface area contributed by atoms with Gasteiger partial charge in [-0.1, -0.05) is 39.5 Å². The SMILES string of the molecule is CCCCCCCOCCCC(C#N)(CC)NC1CC1. The molecule has 1 rings (SSSR count). The first-order valence-corrected chi connectivity index (χ1v) is 8.53. The van der Waals surface area contributed by atoms with Gasteiger partial charge in [0.05, 0.1) is 6.07 Å². The highest BCUT2D eigenvalue weighted by Gasteiger charge is 2.34. The molecule has 1 fully saturated rings. The molecule has 1 aliphatic rings. The van der Waals surface area contributed by atoms with Crippen LogP contribution in [0.15, 0.2) is 0 Å². The van der Waals surface area contributed by atoms with E-state index in [1.54, 1.807) is 0 Å². The summed E-state index contributed by atoms with van der Waals surface area (Å²) in [5.41, 5.74) is -0.314. The third kappa shape index (κ3) is 7.26. The van der Waals surface area contributed by atoms with Gasteiger partial charge in [-0.15, -0.1) is 0 Å². The quantitative estimate of drug-likeness (QED) is 0.515. The molecule has 3 nitrogen and oxygen atoms in total. The van der Waals surface area contributed by atoms with E-state index in [0.29, 0.717) is 6.04 Å². The van der Waals surface area contributed by atoms with Crippen LogP contribution in [0.25, 0.3) is 0 Å². The van der Waals surface area contributed by atoms with E-state index in [1.165, 1.54) is 44.9 Å².